The highest BCUT2D eigenvalue weighted by atomic mass is 35.5. The van der Waals surface area contributed by atoms with E-state index in [0.29, 0.717) is 18.8 Å². The number of unbranched alkanes of at least 4 members (excludes halogenated alkanes) is 1. The van der Waals surface area contributed by atoms with Crippen LogP contribution in [0.3, 0.4) is 0 Å². The fourth-order valence-corrected chi connectivity index (χ4v) is 2.16. The van der Waals surface area contributed by atoms with Crippen molar-refractivity contribution >= 4 is 37.9 Å². The van der Waals surface area contributed by atoms with Gasteiger partial charge in [0.2, 0.25) is 0 Å². The number of rotatable bonds is 12. The summed E-state index contributed by atoms with van der Waals surface area (Å²) in [5.41, 5.74) is 4.51. The molecule has 0 amide bonds. The highest BCUT2D eigenvalue weighted by Crippen LogP contribution is 2.14. The largest absolute Gasteiger partial charge is 0.480 e. The normalized spacial score (nSPS) is 14.4. The summed E-state index contributed by atoms with van der Waals surface area (Å²) in [5.74, 6) is -0.710. The molecule has 0 saturated carbocycles. The maximum Gasteiger partial charge on any atom is 0.451 e. The zero-order chi connectivity index (χ0) is 16.5. The van der Waals surface area contributed by atoms with E-state index in [-0.39, 0.29) is 56.7 Å². The third-order valence-electron chi connectivity index (χ3n) is 3.44. The van der Waals surface area contributed by atoms with Gasteiger partial charge in [-0.25, -0.2) is 0 Å². The molecule has 0 fully saturated rings. The number of carboxylic acid groups (broad SMARTS) is 1. The fourth-order valence-electron chi connectivity index (χ4n) is 2.16. The van der Waals surface area contributed by atoms with Gasteiger partial charge in [-0.15, -0.1) is 24.8 Å². The molecule has 0 aliphatic heterocycles. The van der Waals surface area contributed by atoms with Gasteiger partial charge in [0, 0.05) is 12.6 Å². The first-order valence-electron chi connectivity index (χ1n) is 7.44. The van der Waals surface area contributed by atoms with Crippen molar-refractivity contribution < 1.29 is 25.1 Å². The number of carbonyl (C=O) groups is 1. The average Bonchev–Trinajstić information content (AvgIpc) is 2.38. The quantitative estimate of drug-likeness (QED) is 0.212. The number of aliphatic hydroxyl groups excluding tert-OH is 1. The average molecular weight is 377 g/mol. The van der Waals surface area contributed by atoms with Crippen molar-refractivity contribution in [2.45, 2.75) is 57.4 Å². The molecule has 7 N–H and O–H groups in total. The molecule has 0 aromatic heterocycles. The third kappa shape index (κ3) is 12.9. The van der Waals surface area contributed by atoms with Gasteiger partial charge in [-0.2, -0.15) is 0 Å². The Hall–Kier alpha value is -0.0851. The molecule has 0 spiro atoms. The van der Waals surface area contributed by atoms with Crippen LogP contribution in [0.15, 0.2) is 0 Å². The van der Waals surface area contributed by atoms with Crippen molar-refractivity contribution in [3.05, 3.63) is 0 Å². The molecule has 140 valence electrons. The molecule has 0 rings (SSSR count). The molecule has 0 aromatic rings. The van der Waals surface area contributed by atoms with Crippen LogP contribution in [0, 0.1) is 5.92 Å². The second-order valence-corrected chi connectivity index (χ2v) is 6.08. The number of aliphatic hydroxyl groups is 1. The third-order valence-corrected chi connectivity index (χ3v) is 3.44. The Morgan fingerprint density at radius 3 is 2.22 bits per heavy atom. The zero-order valence-corrected chi connectivity index (χ0v) is 15.4. The lowest BCUT2D eigenvalue weighted by Gasteiger charge is -2.28. The fraction of sp³-hybridized carbons (Fsp3) is 0.923. The molecule has 0 aromatic carbocycles. The van der Waals surface area contributed by atoms with E-state index in [1.807, 2.05) is 13.8 Å². The standard InChI is InChI=1S/C13H29BN2O5.2ClH/c1-10(2)7-11(8-17)16-9-13(15,12(18)19)5-3-4-6-14(20)21;;/h10-11,16-17,20-21H,3-9,15H2,1-2H3,(H,18,19);2*1H. The summed E-state index contributed by atoms with van der Waals surface area (Å²) in [4.78, 5) is 11.3. The lowest BCUT2D eigenvalue weighted by molar-refractivity contribution is -0.143. The van der Waals surface area contributed by atoms with Crippen molar-refractivity contribution in [1.29, 1.82) is 0 Å². The highest BCUT2D eigenvalue weighted by Gasteiger charge is 2.33. The van der Waals surface area contributed by atoms with E-state index in [4.69, 9.17) is 15.8 Å². The predicted octanol–water partition coefficient (Wildman–Crippen LogP) is 0.252. The topological polar surface area (TPSA) is 136 Å². The van der Waals surface area contributed by atoms with Crippen LogP contribution in [0.4, 0.5) is 0 Å². The summed E-state index contributed by atoms with van der Waals surface area (Å²) in [7, 11) is -1.37. The number of nitrogens with two attached hydrogens (primary N) is 1. The van der Waals surface area contributed by atoms with Gasteiger partial charge >= 0.3 is 13.1 Å². The Morgan fingerprint density at radius 1 is 1.26 bits per heavy atom. The van der Waals surface area contributed by atoms with Crippen LogP contribution in [0.25, 0.3) is 0 Å². The monoisotopic (exact) mass is 376 g/mol. The number of halogens is 2. The number of nitrogens with one attached hydrogen (secondary N) is 1. The van der Waals surface area contributed by atoms with Gasteiger partial charge in [0.1, 0.15) is 5.54 Å². The van der Waals surface area contributed by atoms with Crippen molar-refractivity contribution in [1.82, 2.24) is 5.32 Å². The zero-order valence-electron chi connectivity index (χ0n) is 13.8. The summed E-state index contributed by atoms with van der Waals surface area (Å²) in [6.45, 7) is 4.06. The van der Waals surface area contributed by atoms with Gasteiger partial charge in [0.25, 0.3) is 0 Å². The van der Waals surface area contributed by atoms with Crippen LogP contribution in [-0.2, 0) is 4.79 Å². The van der Waals surface area contributed by atoms with E-state index < -0.39 is 18.6 Å². The van der Waals surface area contributed by atoms with Crippen LogP contribution in [0.1, 0.15) is 39.5 Å². The molecule has 0 saturated heterocycles. The summed E-state index contributed by atoms with van der Waals surface area (Å²) >= 11 is 0. The molecular formula is C13H31BCl2N2O5. The van der Waals surface area contributed by atoms with E-state index in [1.54, 1.807) is 0 Å². The number of aliphatic carboxylic acids is 1. The minimum atomic E-state index is -1.41. The van der Waals surface area contributed by atoms with Gasteiger partial charge < -0.3 is 31.3 Å². The molecule has 7 nitrogen and oxygen atoms in total. The van der Waals surface area contributed by atoms with Crippen LogP contribution < -0.4 is 11.1 Å². The van der Waals surface area contributed by atoms with E-state index >= 15 is 0 Å². The molecule has 23 heavy (non-hydrogen) atoms. The SMILES string of the molecule is CC(C)CC(CO)NCC(N)(CCCCB(O)O)C(=O)O.Cl.Cl. The van der Waals surface area contributed by atoms with Gasteiger partial charge in [-0.05, 0) is 25.1 Å². The summed E-state index contributed by atoms with van der Waals surface area (Å²) < 4.78 is 0. The lowest BCUT2D eigenvalue weighted by atomic mass is 9.82. The van der Waals surface area contributed by atoms with Crippen LogP contribution in [0.2, 0.25) is 6.32 Å². The Morgan fingerprint density at radius 2 is 1.83 bits per heavy atom. The molecule has 0 heterocycles. The Labute approximate surface area is 151 Å². The van der Waals surface area contributed by atoms with Gasteiger partial charge in [0.15, 0.2) is 0 Å². The highest BCUT2D eigenvalue weighted by molar-refractivity contribution is 6.40. The second-order valence-electron chi connectivity index (χ2n) is 6.08. The first-order valence-corrected chi connectivity index (χ1v) is 7.44. The van der Waals surface area contributed by atoms with Crippen molar-refractivity contribution in [2.24, 2.45) is 11.7 Å². The molecule has 10 heteroatoms. The molecule has 0 aliphatic carbocycles. The van der Waals surface area contributed by atoms with Gasteiger partial charge in [0.05, 0.1) is 6.61 Å². The second kappa shape index (κ2) is 14.3. The Kier molecular flexibility index (Phi) is 17.2. The molecular weight excluding hydrogens is 346 g/mol. The molecule has 2 unspecified atom stereocenters. The minimum absolute atomic E-state index is 0. The number of carboxylic acids is 1. The van der Waals surface area contributed by atoms with E-state index in [1.165, 1.54) is 0 Å². The van der Waals surface area contributed by atoms with Gasteiger partial charge in [-0.1, -0.05) is 26.7 Å². The van der Waals surface area contributed by atoms with E-state index in [9.17, 15) is 15.0 Å². The maximum absolute atomic E-state index is 11.3. The maximum atomic E-state index is 11.3. The first kappa shape index (κ1) is 27.7. The lowest BCUT2D eigenvalue weighted by Crippen LogP contribution is -2.57. The molecule has 2 atom stereocenters. The van der Waals surface area contributed by atoms with Crippen molar-refractivity contribution in [3.8, 4) is 0 Å². The minimum Gasteiger partial charge on any atom is -0.480 e. The number of hydrogen-bond acceptors (Lipinski definition) is 6. The van der Waals surface area contributed by atoms with Crippen LogP contribution in [-0.4, -0.2) is 58.1 Å². The van der Waals surface area contributed by atoms with Crippen molar-refractivity contribution in [3.63, 3.8) is 0 Å². The summed E-state index contributed by atoms with van der Waals surface area (Å²) in [5, 5.41) is 39.1. The van der Waals surface area contributed by atoms with E-state index in [0.717, 1.165) is 6.42 Å². The first-order chi connectivity index (χ1) is 9.71. The smallest absolute Gasteiger partial charge is 0.451 e. The molecule has 0 bridgehead atoms. The van der Waals surface area contributed by atoms with E-state index in [2.05, 4.69) is 5.32 Å². The van der Waals surface area contributed by atoms with Crippen molar-refractivity contribution in [2.75, 3.05) is 13.2 Å². The molecule has 0 aliphatic rings. The summed E-state index contributed by atoms with van der Waals surface area (Å²) in [6.07, 6.45) is 2.18. The summed E-state index contributed by atoms with van der Waals surface area (Å²) in [6, 6.07) is -0.175. The van der Waals surface area contributed by atoms with Crippen LogP contribution >= 0.6 is 24.8 Å². The van der Waals surface area contributed by atoms with Crippen LogP contribution in [0.5, 0.6) is 0 Å². The predicted molar refractivity (Wildman–Crippen MR) is 96.2 cm³/mol. The number of hydrogen-bond donors (Lipinski definition) is 6. The van der Waals surface area contributed by atoms with Gasteiger partial charge in [-0.3, -0.25) is 4.79 Å². The Balaban J connectivity index is -0.00000200. The Bertz CT molecular complexity index is 314. The molecule has 0 radical (unpaired) electrons.